The van der Waals surface area contributed by atoms with E-state index in [0.29, 0.717) is 22.5 Å². The standard InChI is InChI=1S/C27H21N5O6/c1-14(33)29-23-11-21-24(12-19(23)17-5-7-18(8-6-17)32(3)15(2)34)38-31-25(21)26(35)30-22-9-4-16(13-28)10-20(22)27(36)37/h4-12H,1-3H3,(H,29,33)(H,30,35)(H,36,37). The molecule has 38 heavy (non-hydrogen) atoms. The third-order valence-corrected chi connectivity index (χ3v) is 5.80. The van der Waals surface area contributed by atoms with Gasteiger partial charge in [-0.1, -0.05) is 17.3 Å². The summed E-state index contributed by atoms with van der Waals surface area (Å²) in [5.41, 5.74) is 2.35. The van der Waals surface area contributed by atoms with E-state index < -0.39 is 11.9 Å². The molecule has 1 aromatic heterocycles. The molecule has 4 aromatic rings. The quantitative estimate of drug-likeness (QED) is 0.345. The van der Waals surface area contributed by atoms with Crippen molar-refractivity contribution in [2.24, 2.45) is 0 Å². The molecule has 0 aliphatic carbocycles. The van der Waals surface area contributed by atoms with Crippen LogP contribution < -0.4 is 15.5 Å². The van der Waals surface area contributed by atoms with E-state index in [0.717, 1.165) is 6.07 Å². The molecule has 3 amide bonds. The van der Waals surface area contributed by atoms with Crippen LogP contribution in [0.2, 0.25) is 0 Å². The number of carbonyl (C=O) groups excluding carboxylic acids is 3. The van der Waals surface area contributed by atoms with E-state index in [1.165, 1.54) is 30.9 Å². The van der Waals surface area contributed by atoms with Gasteiger partial charge in [-0.3, -0.25) is 14.4 Å². The van der Waals surface area contributed by atoms with E-state index in [9.17, 15) is 24.3 Å². The van der Waals surface area contributed by atoms with Crippen molar-refractivity contribution in [2.45, 2.75) is 13.8 Å². The average Bonchev–Trinajstić information content (AvgIpc) is 3.30. The predicted octanol–water partition coefficient (Wildman–Crippen LogP) is 4.26. The monoisotopic (exact) mass is 511 g/mol. The van der Waals surface area contributed by atoms with E-state index in [1.54, 1.807) is 43.4 Å². The van der Waals surface area contributed by atoms with Gasteiger partial charge < -0.3 is 25.2 Å². The Kier molecular flexibility index (Phi) is 6.89. The molecule has 0 saturated heterocycles. The van der Waals surface area contributed by atoms with Crippen LogP contribution in [0.3, 0.4) is 0 Å². The van der Waals surface area contributed by atoms with Crippen molar-refractivity contribution in [3.05, 3.63) is 71.4 Å². The number of nitriles is 1. The second-order valence-corrected chi connectivity index (χ2v) is 8.36. The van der Waals surface area contributed by atoms with Gasteiger partial charge in [0, 0.05) is 37.8 Å². The molecule has 0 aliphatic heterocycles. The molecule has 0 unspecified atom stereocenters. The van der Waals surface area contributed by atoms with Gasteiger partial charge in [0.25, 0.3) is 5.91 Å². The third kappa shape index (κ3) is 5.05. The number of carbonyl (C=O) groups is 4. The highest BCUT2D eigenvalue weighted by Crippen LogP contribution is 2.35. The number of rotatable bonds is 6. The summed E-state index contributed by atoms with van der Waals surface area (Å²) < 4.78 is 5.40. The van der Waals surface area contributed by atoms with Gasteiger partial charge in [-0.25, -0.2) is 4.79 Å². The van der Waals surface area contributed by atoms with Crippen LogP contribution in [0.5, 0.6) is 0 Å². The number of hydrogen-bond donors (Lipinski definition) is 3. The molecule has 0 radical (unpaired) electrons. The van der Waals surface area contributed by atoms with Gasteiger partial charge in [0.1, 0.15) is 0 Å². The Morgan fingerprint density at radius 1 is 0.974 bits per heavy atom. The van der Waals surface area contributed by atoms with Crippen molar-refractivity contribution in [1.29, 1.82) is 5.26 Å². The molecule has 3 aromatic carbocycles. The summed E-state index contributed by atoms with van der Waals surface area (Å²) in [6.07, 6.45) is 0. The first-order valence-electron chi connectivity index (χ1n) is 11.2. The van der Waals surface area contributed by atoms with Crippen LogP contribution in [0.1, 0.15) is 40.3 Å². The fourth-order valence-electron chi connectivity index (χ4n) is 3.81. The van der Waals surface area contributed by atoms with Gasteiger partial charge in [-0.2, -0.15) is 5.26 Å². The number of anilines is 3. The Morgan fingerprint density at radius 2 is 1.68 bits per heavy atom. The first-order valence-corrected chi connectivity index (χ1v) is 11.2. The van der Waals surface area contributed by atoms with E-state index in [1.807, 2.05) is 6.07 Å². The van der Waals surface area contributed by atoms with E-state index in [-0.39, 0.29) is 45.3 Å². The zero-order valence-electron chi connectivity index (χ0n) is 20.5. The molecular formula is C27H21N5O6. The SMILES string of the molecule is CC(=O)Nc1cc2c(C(=O)Nc3ccc(C#N)cc3C(=O)O)noc2cc1-c1ccc(N(C)C(C)=O)cc1. The molecule has 0 fully saturated rings. The van der Waals surface area contributed by atoms with Gasteiger partial charge in [0.2, 0.25) is 11.8 Å². The van der Waals surface area contributed by atoms with Gasteiger partial charge >= 0.3 is 5.97 Å². The fraction of sp³-hybridized carbons (Fsp3) is 0.111. The van der Waals surface area contributed by atoms with Crippen LogP contribution in [0.15, 0.2) is 59.1 Å². The second kappa shape index (κ2) is 10.2. The molecule has 3 N–H and O–H groups in total. The first kappa shape index (κ1) is 25.6. The average molecular weight is 511 g/mol. The summed E-state index contributed by atoms with van der Waals surface area (Å²) >= 11 is 0. The smallest absolute Gasteiger partial charge is 0.337 e. The minimum atomic E-state index is -1.32. The number of aromatic nitrogens is 1. The van der Waals surface area contributed by atoms with Crippen LogP contribution in [0.4, 0.5) is 17.1 Å². The second-order valence-electron chi connectivity index (χ2n) is 8.36. The highest BCUT2D eigenvalue weighted by molar-refractivity contribution is 6.14. The number of fused-ring (bicyclic) bond motifs is 1. The lowest BCUT2D eigenvalue weighted by Crippen LogP contribution is -2.22. The van der Waals surface area contributed by atoms with Gasteiger partial charge in [0.15, 0.2) is 11.3 Å². The summed E-state index contributed by atoms with van der Waals surface area (Å²) in [6.45, 7) is 2.80. The zero-order chi connectivity index (χ0) is 27.6. The molecule has 0 aliphatic rings. The van der Waals surface area contributed by atoms with E-state index in [2.05, 4.69) is 15.8 Å². The molecule has 4 rings (SSSR count). The van der Waals surface area contributed by atoms with Crippen molar-refractivity contribution in [1.82, 2.24) is 5.16 Å². The normalized spacial score (nSPS) is 10.5. The van der Waals surface area contributed by atoms with Crippen LogP contribution in [0.25, 0.3) is 22.1 Å². The first-order chi connectivity index (χ1) is 18.1. The predicted molar refractivity (Wildman–Crippen MR) is 139 cm³/mol. The Labute approximate surface area is 216 Å². The molecule has 0 bridgehead atoms. The topological polar surface area (TPSA) is 166 Å². The lowest BCUT2D eigenvalue weighted by Gasteiger charge is -2.16. The maximum atomic E-state index is 13.1. The van der Waals surface area contributed by atoms with Crippen LogP contribution in [-0.4, -0.2) is 41.0 Å². The molecule has 0 spiro atoms. The van der Waals surface area contributed by atoms with Crippen molar-refractivity contribution in [3.63, 3.8) is 0 Å². The minimum absolute atomic E-state index is 0.0213. The summed E-state index contributed by atoms with van der Waals surface area (Å²) in [5, 5.41) is 27.9. The van der Waals surface area contributed by atoms with Crippen molar-refractivity contribution < 1.29 is 28.8 Å². The molecule has 1 heterocycles. The lowest BCUT2D eigenvalue weighted by atomic mass is 10.0. The van der Waals surface area contributed by atoms with Crippen molar-refractivity contribution in [2.75, 3.05) is 22.6 Å². The zero-order valence-corrected chi connectivity index (χ0v) is 20.5. The summed E-state index contributed by atoms with van der Waals surface area (Å²) in [6, 6.07) is 15.9. The maximum Gasteiger partial charge on any atom is 0.337 e. The number of nitrogens with zero attached hydrogens (tertiary/aromatic N) is 3. The number of aromatic carboxylic acids is 1. The number of carboxylic acid groups (broad SMARTS) is 1. The van der Waals surface area contributed by atoms with Gasteiger partial charge in [0.05, 0.1) is 28.3 Å². The summed E-state index contributed by atoms with van der Waals surface area (Å²) in [7, 11) is 1.66. The molecule has 11 heteroatoms. The molecule has 190 valence electrons. The van der Waals surface area contributed by atoms with Gasteiger partial charge in [-0.05, 0) is 48.0 Å². The third-order valence-electron chi connectivity index (χ3n) is 5.80. The molecule has 0 saturated carbocycles. The Morgan fingerprint density at radius 3 is 2.29 bits per heavy atom. The number of carboxylic acids is 1. The number of benzene rings is 3. The fourth-order valence-corrected chi connectivity index (χ4v) is 3.81. The Balaban J connectivity index is 1.74. The minimum Gasteiger partial charge on any atom is -0.478 e. The lowest BCUT2D eigenvalue weighted by molar-refractivity contribution is -0.116. The number of hydrogen-bond acceptors (Lipinski definition) is 7. The molecule has 11 nitrogen and oxygen atoms in total. The summed E-state index contributed by atoms with van der Waals surface area (Å²) in [4.78, 5) is 49.8. The Hall–Kier alpha value is -5.50. The van der Waals surface area contributed by atoms with Crippen molar-refractivity contribution in [3.8, 4) is 17.2 Å². The maximum absolute atomic E-state index is 13.1. The summed E-state index contributed by atoms with van der Waals surface area (Å²) in [5.74, 6) is -2.53. The van der Waals surface area contributed by atoms with E-state index in [4.69, 9.17) is 9.78 Å². The van der Waals surface area contributed by atoms with E-state index >= 15 is 0 Å². The van der Waals surface area contributed by atoms with Crippen molar-refractivity contribution >= 4 is 51.7 Å². The molecular weight excluding hydrogens is 490 g/mol. The van der Waals surface area contributed by atoms with Crippen LogP contribution in [-0.2, 0) is 9.59 Å². The van der Waals surface area contributed by atoms with Crippen LogP contribution >= 0.6 is 0 Å². The number of nitrogens with one attached hydrogen (secondary N) is 2. The van der Waals surface area contributed by atoms with Gasteiger partial charge in [-0.15, -0.1) is 0 Å². The Bertz CT molecular complexity index is 1650. The molecule has 0 atom stereocenters. The largest absolute Gasteiger partial charge is 0.478 e. The van der Waals surface area contributed by atoms with Crippen LogP contribution in [0, 0.1) is 11.3 Å². The highest BCUT2D eigenvalue weighted by atomic mass is 16.5. The number of amides is 3. The highest BCUT2D eigenvalue weighted by Gasteiger charge is 2.22.